The summed E-state index contributed by atoms with van der Waals surface area (Å²) in [4.78, 5) is 20.0. The number of aryl methyl sites for hydroxylation is 1. The van der Waals surface area contributed by atoms with E-state index in [4.69, 9.17) is 5.73 Å². The molecule has 0 aliphatic heterocycles. The molecule has 0 atom stereocenters. The van der Waals surface area contributed by atoms with Crippen LogP contribution < -0.4 is 5.73 Å². The van der Waals surface area contributed by atoms with E-state index in [0.29, 0.717) is 5.69 Å². The molecule has 6 heteroatoms. The number of pyridine rings is 1. The largest absolute Gasteiger partial charge is 0.366 e. The minimum Gasteiger partial charge on any atom is -0.366 e. The summed E-state index contributed by atoms with van der Waals surface area (Å²) in [5.41, 5.74) is 8.14. The number of carbonyl (C=O) groups is 1. The van der Waals surface area contributed by atoms with Gasteiger partial charge in [0.25, 0.3) is 5.91 Å². The van der Waals surface area contributed by atoms with Crippen LogP contribution in [0.1, 0.15) is 16.1 Å². The minimum absolute atomic E-state index is 0.0657. The van der Waals surface area contributed by atoms with Gasteiger partial charge in [-0.1, -0.05) is 17.7 Å². The van der Waals surface area contributed by atoms with Crippen LogP contribution in [0.25, 0.3) is 17.0 Å². The van der Waals surface area contributed by atoms with Crippen LogP contribution in [0.3, 0.4) is 0 Å². The van der Waals surface area contributed by atoms with Crippen molar-refractivity contribution in [3.05, 3.63) is 54.0 Å². The zero-order valence-corrected chi connectivity index (χ0v) is 11.4. The van der Waals surface area contributed by atoms with Gasteiger partial charge < -0.3 is 5.73 Å². The Morgan fingerprint density at radius 3 is 2.90 bits per heavy atom. The SMILES string of the molecule is Cc1ccc2nc(/C=C/C(=O)n3cnc(N)n3)ccc2c1. The molecule has 2 aromatic heterocycles. The Morgan fingerprint density at radius 2 is 2.14 bits per heavy atom. The van der Waals surface area contributed by atoms with Crippen LogP contribution >= 0.6 is 0 Å². The highest BCUT2D eigenvalue weighted by Crippen LogP contribution is 2.15. The molecule has 0 unspecified atom stereocenters. The van der Waals surface area contributed by atoms with E-state index in [1.807, 2.05) is 31.2 Å². The molecule has 1 aromatic carbocycles. The summed E-state index contributed by atoms with van der Waals surface area (Å²) in [5.74, 6) is -0.263. The fourth-order valence-corrected chi connectivity index (χ4v) is 1.97. The van der Waals surface area contributed by atoms with Crippen LogP contribution in [0.4, 0.5) is 5.95 Å². The molecule has 0 saturated carbocycles. The third-order valence-electron chi connectivity index (χ3n) is 3.00. The molecule has 3 rings (SSSR count). The molecule has 0 aliphatic rings. The topological polar surface area (TPSA) is 86.7 Å². The Balaban J connectivity index is 1.85. The van der Waals surface area contributed by atoms with Gasteiger partial charge in [-0.2, -0.15) is 4.68 Å². The lowest BCUT2D eigenvalue weighted by Crippen LogP contribution is -2.08. The zero-order chi connectivity index (χ0) is 14.8. The van der Waals surface area contributed by atoms with Crippen molar-refractivity contribution < 1.29 is 4.79 Å². The fraction of sp³-hybridized carbons (Fsp3) is 0.0667. The number of benzene rings is 1. The Labute approximate surface area is 120 Å². The van der Waals surface area contributed by atoms with Gasteiger partial charge in [0.1, 0.15) is 6.33 Å². The van der Waals surface area contributed by atoms with Crippen LogP contribution in [0.5, 0.6) is 0 Å². The van der Waals surface area contributed by atoms with E-state index in [1.165, 1.54) is 18.0 Å². The number of hydrogen-bond acceptors (Lipinski definition) is 5. The van der Waals surface area contributed by atoms with Crippen LogP contribution in [0.2, 0.25) is 0 Å². The average Bonchev–Trinajstić information content (AvgIpc) is 2.91. The number of hydrogen-bond donors (Lipinski definition) is 1. The second-order valence-corrected chi connectivity index (χ2v) is 4.65. The van der Waals surface area contributed by atoms with Crippen molar-refractivity contribution in [1.82, 2.24) is 19.7 Å². The van der Waals surface area contributed by atoms with Gasteiger partial charge in [-0.3, -0.25) is 4.79 Å². The van der Waals surface area contributed by atoms with E-state index in [1.54, 1.807) is 6.08 Å². The third-order valence-corrected chi connectivity index (χ3v) is 3.00. The lowest BCUT2D eigenvalue weighted by atomic mass is 10.1. The molecule has 6 nitrogen and oxygen atoms in total. The van der Waals surface area contributed by atoms with Crippen molar-refractivity contribution in [3.63, 3.8) is 0 Å². The Kier molecular flexibility index (Phi) is 3.19. The summed E-state index contributed by atoms with van der Waals surface area (Å²) in [5, 5.41) is 4.82. The van der Waals surface area contributed by atoms with Gasteiger partial charge in [-0.25, -0.2) is 9.97 Å². The number of nitrogens with zero attached hydrogens (tertiary/aromatic N) is 4. The van der Waals surface area contributed by atoms with E-state index in [-0.39, 0.29) is 11.9 Å². The van der Waals surface area contributed by atoms with Crippen LogP contribution in [-0.2, 0) is 0 Å². The van der Waals surface area contributed by atoms with Gasteiger partial charge in [0, 0.05) is 11.5 Å². The first-order valence-corrected chi connectivity index (χ1v) is 6.39. The lowest BCUT2D eigenvalue weighted by molar-refractivity contribution is 0.0955. The van der Waals surface area contributed by atoms with E-state index < -0.39 is 0 Å². The molecule has 2 heterocycles. The summed E-state index contributed by atoms with van der Waals surface area (Å²) in [6.07, 6.45) is 4.30. The number of nitrogen functional groups attached to an aromatic ring is 1. The second-order valence-electron chi connectivity index (χ2n) is 4.65. The summed E-state index contributed by atoms with van der Waals surface area (Å²) >= 11 is 0. The molecule has 0 amide bonds. The van der Waals surface area contributed by atoms with Gasteiger partial charge >= 0.3 is 0 Å². The summed E-state index contributed by atoms with van der Waals surface area (Å²) < 4.78 is 1.08. The first-order chi connectivity index (χ1) is 10.1. The standard InChI is InChI=1S/C15H13N5O/c1-10-2-6-13-11(8-10)3-4-12(18-13)5-7-14(21)20-9-17-15(16)19-20/h2-9H,1H3,(H2,16,19)/b7-5+. The quantitative estimate of drug-likeness (QED) is 0.726. The normalized spacial score (nSPS) is 11.3. The lowest BCUT2D eigenvalue weighted by Gasteiger charge is -2.00. The molecule has 0 aliphatic carbocycles. The predicted octanol–water partition coefficient (Wildman–Crippen LogP) is 2.07. The molecule has 0 spiro atoms. The van der Waals surface area contributed by atoms with E-state index in [0.717, 1.165) is 15.6 Å². The minimum atomic E-state index is -0.329. The molecule has 3 aromatic rings. The van der Waals surface area contributed by atoms with Gasteiger partial charge in [-0.05, 0) is 31.2 Å². The fourth-order valence-electron chi connectivity index (χ4n) is 1.97. The molecule has 0 radical (unpaired) electrons. The van der Waals surface area contributed by atoms with Gasteiger partial charge in [0.05, 0.1) is 11.2 Å². The third kappa shape index (κ3) is 2.79. The number of carbonyl (C=O) groups excluding carboxylic acids is 1. The first kappa shape index (κ1) is 13.0. The van der Waals surface area contributed by atoms with Crippen LogP contribution in [0, 0.1) is 6.92 Å². The highest BCUT2D eigenvalue weighted by Gasteiger charge is 2.03. The Bertz CT molecular complexity index is 850. The summed E-state index contributed by atoms with van der Waals surface area (Å²) in [6.45, 7) is 2.04. The Morgan fingerprint density at radius 1 is 1.29 bits per heavy atom. The number of anilines is 1. The van der Waals surface area contributed by atoms with Crippen molar-refractivity contribution in [2.24, 2.45) is 0 Å². The van der Waals surface area contributed by atoms with Crippen molar-refractivity contribution in [1.29, 1.82) is 0 Å². The number of rotatable bonds is 2. The maximum absolute atomic E-state index is 11.8. The molecule has 0 saturated heterocycles. The maximum Gasteiger partial charge on any atom is 0.272 e. The van der Waals surface area contributed by atoms with Crippen LogP contribution in [0.15, 0.2) is 42.7 Å². The first-order valence-electron chi connectivity index (χ1n) is 6.39. The van der Waals surface area contributed by atoms with Crippen molar-refractivity contribution in [2.45, 2.75) is 6.92 Å². The van der Waals surface area contributed by atoms with Gasteiger partial charge in [0.2, 0.25) is 5.95 Å². The maximum atomic E-state index is 11.8. The molecular weight excluding hydrogens is 266 g/mol. The molecular formula is C15H13N5O. The highest BCUT2D eigenvalue weighted by molar-refractivity contribution is 5.93. The summed E-state index contributed by atoms with van der Waals surface area (Å²) in [6, 6.07) is 9.88. The smallest absolute Gasteiger partial charge is 0.272 e. The van der Waals surface area contributed by atoms with Gasteiger partial charge in [-0.15, -0.1) is 5.10 Å². The van der Waals surface area contributed by atoms with Crippen molar-refractivity contribution in [3.8, 4) is 0 Å². The Hall–Kier alpha value is -3.02. The molecule has 104 valence electrons. The molecule has 21 heavy (non-hydrogen) atoms. The van der Waals surface area contributed by atoms with Crippen LogP contribution in [-0.4, -0.2) is 25.7 Å². The predicted molar refractivity (Wildman–Crippen MR) is 80.6 cm³/mol. The average molecular weight is 279 g/mol. The van der Waals surface area contributed by atoms with E-state index in [9.17, 15) is 4.79 Å². The zero-order valence-electron chi connectivity index (χ0n) is 11.4. The van der Waals surface area contributed by atoms with E-state index >= 15 is 0 Å². The monoisotopic (exact) mass is 279 g/mol. The van der Waals surface area contributed by atoms with Crippen molar-refractivity contribution in [2.75, 3.05) is 5.73 Å². The van der Waals surface area contributed by atoms with Gasteiger partial charge in [0.15, 0.2) is 0 Å². The number of nitrogens with two attached hydrogens (primary N) is 1. The number of fused-ring (bicyclic) bond motifs is 1. The summed E-state index contributed by atoms with van der Waals surface area (Å²) in [7, 11) is 0. The molecule has 0 bridgehead atoms. The van der Waals surface area contributed by atoms with Crippen molar-refractivity contribution >= 4 is 28.8 Å². The van der Waals surface area contributed by atoms with E-state index in [2.05, 4.69) is 21.1 Å². The number of aromatic nitrogens is 4. The molecule has 2 N–H and O–H groups in total. The number of allylic oxidation sites excluding steroid dienone is 1. The second kappa shape index (κ2) is 5.16. The highest BCUT2D eigenvalue weighted by atomic mass is 16.2. The molecule has 0 fully saturated rings.